The van der Waals surface area contributed by atoms with E-state index in [9.17, 15) is 43.2 Å². The fraction of sp³-hybridized carbons (Fsp3) is 0.942. The second-order valence-electron chi connectivity index (χ2n) is 26.4. The van der Waals surface area contributed by atoms with E-state index in [-0.39, 0.29) is 25.7 Å². The van der Waals surface area contributed by atoms with Crippen molar-refractivity contribution in [2.45, 2.75) is 356 Å². The van der Waals surface area contributed by atoms with Crippen molar-refractivity contribution in [1.82, 2.24) is 0 Å². The van der Waals surface area contributed by atoms with Gasteiger partial charge in [-0.2, -0.15) is 0 Å². The zero-order valence-electron chi connectivity index (χ0n) is 57.3. The van der Waals surface area contributed by atoms with Gasteiger partial charge in [-0.1, -0.05) is 287 Å². The molecule has 0 aliphatic heterocycles. The maximum absolute atomic E-state index is 13.0. The molecule has 0 amide bonds. The van der Waals surface area contributed by atoms with Crippen molar-refractivity contribution >= 4 is 39.5 Å². The van der Waals surface area contributed by atoms with Gasteiger partial charge in [-0.05, 0) is 49.4 Å². The van der Waals surface area contributed by atoms with Crippen LogP contribution in [0.4, 0.5) is 0 Å². The van der Waals surface area contributed by atoms with Crippen LogP contribution < -0.4 is 0 Å². The lowest BCUT2D eigenvalue weighted by molar-refractivity contribution is -0.161. The molecule has 0 saturated heterocycles. The van der Waals surface area contributed by atoms with Gasteiger partial charge in [0.2, 0.25) is 0 Å². The predicted molar refractivity (Wildman–Crippen MR) is 354 cm³/mol. The number of hydrogen-bond acceptors (Lipinski definition) is 15. The Kier molecular flexibility index (Phi) is 57.6. The molecule has 3 N–H and O–H groups in total. The lowest BCUT2D eigenvalue weighted by Gasteiger charge is -2.21. The average molecular weight is 1300 g/mol. The molecule has 0 bridgehead atoms. The zero-order valence-corrected chi connectivity index (χ0v) is 59.1. The first-order chi connectivity index (χ1) is 42.2. The van der Waals surface area contributed by atoms with Gasteiger partial charge in [-0.15, -0.1) is 0 Å². The highest BCUT2D eigenvalue weighted by Gasteiger charge is 2.30. The van der Waals surface area contributed by atoms with Gasteiger partial charge >= 0.3 is 39.5 Å². The standard InChI is InChI=1S/C69H134O17P2/c1-9-61(7)47-39-31-23-18-20-24-33-41-49-66(71)79-55-64(85-68(73)51-43-35-25-16-14-12-11-13-15-21-29-37-45-59(3)4)57-83-87(75,76)81-53-63(70)54-82-88(77,78)84-58-65(56-80-67(72)50-42-34-28-27-32-40-48-62(8)10-2)86-69(74)52-44-36-26-19-17-22-30-38-46-60(5)6/h59-65,70H,9-58H2,1-8H3,(H,75,76)(H,77,78)/t61?,62?,63-,64-,65-/m1/s1. The molecule has 0 aromatic heterocycles. The van der Waals surface area contributed by atoms with E-state index in [1.807, 2.05) is 0 Å². The molecule has 19 heteroatoms. The fourth-order valence-electron chi connectivity index (χ4n) is 10.2. The number of hydrogen-bond donors (Lipinski definition) is 3. The third kappa shape index (κ3) is 60.3. The molecular weight excluding hydrogens is 1160 g/mol. The number of ether oxygens (including phenoxy) is 4. The largest absolute Gasteiger partial charge is 0.472 e. The predicted octanol–water partition coefficient (Wildman–Crippen LogP) is 19.3. The minimum atomic E-state index is -4.95. The van der Waals surface area contributed by atoms with Gasteiger partial charge in [-0.25, -0.2) is 9.13 Å². The van der Waals surface area contributed by atoms with Crippen LogP contribution >= 0.6 is 15.6 Å². The van der Waals surface area contributed by atoms with Crippen molar-refractivity contribution in [3.8, 4) is 0 Å². The van der Waals surface area contributed by atoms with Crippen LogP contribution in [0.1, 0.15) is 338 Å². The van der Waals surface area contributed by atoms with E-state index in [0.29, 0.717) is 25.7 Å². The van der Waals surface area contributed by atoms with Crippen LogP contribution in [-0.4, -0.2) is 96.7 Å². The summed E-state index contributed by atoms with van der Waals surface area (Å²) in [6.45, 7) is 14.1. The van der Waals surface area contributed by atoms with Crippen LogP contribution in [0.3, 0.4) is 0 Å². The van der Waals surface area contributed by atoms with Gasteiger partial charge in [0, 0.05) is 25.7 Å². The van der Waals surface area contributed by atoms with Crippen LogP contribution in [0.5, 0.6) is 0 Å². The number of phosphoric ester groups is 2. The van der Waals surface area contributed by atoms with Gasteiger partial charge < -0.3 is 33.8 Å². The lowest BCUT2D eigenvalue weighted by Crippen LogP contribution is -2.30. The van der Waals surface area contributed by atoms with E-state index < -0.39 is 97.5 Å². The minimum absolute atomic E-state index is 0.103. The number of phosphoric acid groups is 2. The van der Waals surface area contributed by atoms with E-state index in [1.165, 1.54) is 135 Å². The summed E-state index contributed by atoms with van der Waals surface area (Å²) in [6, 6.07) is 0. The monoisotopic (exact) mass is 1300 g/mol. The van der Waals surface area contributed by atoms with Crippen molar-refractivity contribution in [1.29, 1.82) is 0 Å². The summed E-state index contributed by atoms with van der Waals surface area (Å²) < 4.78 is 68.2. The SMILES string of the molecule is CCC(C)CCCCCCCCCCC(=O)OC[C@H](COP(=O)(O)OC[C@@H](O)COP(=O)(O)OC[C@@H](COC(=O)CCCCCCCCC(C)CC)OC(=O)CCCCCCCCCCC(C)C)OC(=O)CCCCCCCCCCCCCCC(C)C. The molecule has 0 aliphatic carbocycles. The fourth-order valence-corrected chi connectivity index (χ4v) is 11.8. The van der Waals surface area contributed by atoms with Crippen LogP contribution in [-0.2, 0) is 65.4 Å². The van der Waals surface area contributed by atoms with Crippen molar-refractivity contribution in [2.75, 3.05) is 39.6 Å². The summed E-state index contributed by atoms with van der Waals surface area (Å²) in [5.74, 6) is 0.870. The summed E-state index contributed by atoms with van der Waals surface area (Å²) in [5, 5.41) is 10.6. The molecule has 0 spiro atoms. The van der Waals surface area contributed by atoms with E-state index in [1.54, 1.807) is 0 Å². The molecule has 0 aromatic rings. The van der Waals surface area contributed by atoms with E-state index in [2.05, 4.69) is 55.4 Å². The summed E-state index contributed by atoms with van der Waals surface area (Å²) >= 11 is 0. The summed E-state index contributed by atoms with van der Waals surface area (Å²) in [4.78, 5) is 72.5. The summed E-state index contributed by atoms with van der Waals surface area (Å²) in [6.07, 6.45) is 40.3. The van der Waals surface area contributed by atoms with Gasteiger partial charge in [0.15, 0.2) is 12.2 Å². The van der Waals surface area contributed by atoms with Crippen molar-refractivity contribution in [3.05, 3.63) is 0 Å². The van der Waals surface area contributed by atoms with Gasteiger partial charge in [-0.3, -0.25) is 37.3 Å². The molecule has 522 valence electrons. The second-order valence-corrected chi connectivity index (χ2v) is 29.3. The Morgan fingerprint density at radius 2 is 0.545 bits per heavy atom. The average Bonchev–Trinajstić information content (AvgIpc) is 3.70. The van der Waals surface area contributed by atoms with Gasteiger partial charge in [0.25, 0.3) is 0 Å². The molecule has 0 aromatic carbocycles. The Morgan fingerprint density at radius 3 is 0.807 bits per heavy atom. The Morgan fingerprint density at radius 1 is 0.318 bits per heavy atom. The Labute approximate surface area is 537 Å². The van der Waals surface area contributed by atoms with E-state index in [4.69, 9.17) is 37.0 Å². The number of esters is 4. The molecule has 0 aliphatic rings. The van der Waals surface area contributed by atoms with E-state index >= 15 is 0 Å². The molecular formula is C69H134O17P2. The highest BCUT2D eigenvalue weighted by Crippen LogP contribution is 2.45. The number of aliphatic hydroxyl groups is 1. The molecule has 0 fully saturated rings. The van der Waals surface area contributed by atoms with Crippen molar-refractivity contribution in [3.63, 3.8) is 0 Å². The number of rotatable bonds is 66. The van der Waals surface area contributed by atoms with Crippen LogP contribution in [0, 0.1) is 23.7 Å². The van der Waals surface area contributed by atoms with Crippen LogP contribution in [0.25, 0.3) is 0 Å². The lowest BCUT2D eigenvalue weighted by atomic mass is 9.99. The number of unbranched alkanes of at least 4 members (excludes halogenated alkanes) is 30. The first-order valence-corrected chi connectivity index (χ1v) is 38.8. The summed E-state index contributed by atoms with van der Waals surface area (Å²) in [7, 11) is -9.90. The number of carbonyl (C=O) groups is 4. The smallest absolute Gasteiger partial charge is 0.462 e. The van der Waals surface area contributed by atoms with Crippen LogP contribution in [0.2, 0.25) is 0 Å². The third-order valence-corrected chi connectivity index (χ3v) is 18.4. The van der Waals surface area contributed by atoms with Crippen molar-refractivity contribution in [2.24, 2.45) is 23.7 Å². The molecule has 0 radical (unpaired) electrons. The maximum atomic E-state index is 13.0. The third-order valence-electron chi connectivity index (χ3n) is 16.5. The number of carbonyl (C=O) groups excluding carboxylic acids is 4. The van der Waals surface area contributed by atoms with Crippen LogP contribution in [0.15, 0.2) is 0 Å². The first-order valence-electron chi connectivity index (χ1n) is 35.8. The van der Waals surface area contributed by atoms with Gasteiger partial charge in [0.05, 0.1) is 26.4 Å². The molecule has 0 heterocycles. The second kappa shape index (κ2) is 58.8. The molecule has 0 saturated carbocycles. The molecule has 4 unspecified atom stereocenters. The normalized spacial score (nSPS) is 14.9. The minimum Gasteiger partial charge on any atom is -0.462 e. The Balaban J connectivity index is 5.27. The molecule has 7 atom stereocenters. The van der Waals surface area contributed by atoms with E-state index in [0.717, 1.165) is 120 Å². The topological polar surface area (TPSA) is 237 Å². The molecule has 88 heavy (non-hydrogen) atoms. The zero-order chi connectivity index (χ0) is 65.4. The summed E-state index contributed by atoms with van der Waals surface area (Å²) in [5.41, 5.74) is 0. The Hall–Kier alpha value is -1.94. The Bertz CT molecular complexity index is 1750. The maximum Gasteiger partial charge on any atom is 0.472 e. The van der Waals surface area contributed by atoms with Crippen molar-refractivity contribution < 1.29 is 80.2 Å². The highest BCUT2D eigenvalue weighted by molar-refractivity contribution is 7.47. The number of aliphatic hydroxyl groups excluding tert-OH is 1. The van der Waals surface area contributed by atoms with Gasteiger partial charge in [0.1, 0.15) is 19.3 Å². The molecule has 0 rings (SSSR count). The highest BCUT2D eigenvalue weighted by atomic mass is 31.2. The molecule has 17 nitrogen and oxygen atoms in total. The first kappa shape index (κ1) is 86.1. The quantitative estimate of drug-likeness (QED) is 0.0222.